The van der Waals surface area contributed by atoms with Gasteiger partial charge in [-0.1, -0.05) is 71.1 Å². The molecule has 0 N–H and O–H groups in total. The van der Waals surface area contributed by atoms with Crippen LogP contribution in [0.2, 0.25) is 0 Å². The summed E-state index contributed by atoms with van der Waals surface area (Å²) in [6.07, 6.45) is 20.7. The molecule has 0 amide bonds. The van der Waals surface area contributed by atoms with Crippen molar-refractivity contribution >= 4 is 11.8 Å². The Balaban J connectivity index is 1.95. The molecule has 0 bridgehead atoms. The van der Waals surface area contributed by atoms with E-state index in [2.05, 4.69) is 23.1 Å². The summed E-state index contributed by atoms with van der Waals surface area (Å²) in [5.41, 5.74) is 0. The van der Waals surface area contributed by atoms with Gasteiger partial charge >= 0.3 is 5.16 Å². The van der Waals surface area contributed by atoms with E-state index in [1.807, 2.05) is 17.8 Å². The summed E-state index contributed by atoms with van der Waals surface area (Å²) in [5, 5.41) is 12.1. The van der Waals surface area contributed by atoms with Crippen LogP contribution in [-0.4, -0.2) is 4.57 Å². The van der Waals surface area contributed by atoms with Gasteiger partial charge in [-0.3, -0.25) is 0 Å². The molecule has 0 saturated heterocycles. The first kappa shape index (κ1) is 20.1. The first-order valence-corrected chi connectivity index (χ1v) is 10.2. The molecule has 3 nitrogen and oxygen atoms in total. The van der Waals surface area contributed by atoms with Crippen LogP contribution in [0.3, 0.4) is 0 Å². The Labute approximate surface area is 147 Å². The molecule has 23 heavy (non-hydrogen) atoms. The standard InChI is InChI=1S/C19H34N3S/c1-3-4-5-6-7-8-9-10-11-12-13-14-15-22-17-16-21(2)19(22)23-18-20/h16-17H,3-15H2,1-2H3/q+1. The van der Waals surface area contributed by atoms with Gasteiger partial charge in [0, 0.05) is 0 Å². The monoisotopic (exact) mass is 336 g/mol. The maximum Gasteiger partial charge on any atom is 0.332 e. The highest BCUT2D eigenvalue weighted by molar-refractivity contribution is 8.03. The third-order valence-electron chi connectivity index (χ3n) is 4.41. The van der Waals surface area contributed by atoms with Crippen molar-refractivity contribution in [1.82, 2.24) is 4.57 Å². The summed E-state index contributed by atoms with van der Waals surface area (Å²) >= 11 is 1.25. The number of aromatic nitrogens is 2. The summed E-state index contributed by atoms with van der Waals surface area (Å²) < 4.78 is 4.22. The molecule has 0 aliphatic carbocycles. The van der Waals surface area contributed by atoms with Gasteiger partial charge in [-0.2, -0.15) is 5.26 Å². The number of hydrogen-bond donors (Lipinski definition) is 0. The Morgan fingerprint density at radius 1 is 0.957 bits per heavy atom. The number of thioether (sulfide) groups is 1. The second kappa shape index (κ2) is 13.5. The molecule has 4 heteroatoms. The lowest BCUT2D eigenvalue weighted by molar-refractivity contribution is -0.709. The number of imidazole rings is 1. The van der Waals surface area contributed by atoms with Crippen LogP contribution >= 0.6 is 11.8 Å². The Hall–Kier alpha value is -0.950. The van der Waals surface area contributed by atoms with Crippen molar-refractivity contribution in [2.75, 3.05) is 0 Å². The van der Waals surface area contributed by atoms with Crippen molar-refractivity contribution in [3.05, 3.63) is 12.4 Å². The van der Waals surface area contributed by atoms with Crippen LogP contribution in [0.15, 0.2) is 17.6 Å². The van der Waals surface area contributed by atoms with Crippen LogP contribution in [0.1, 0.15) is 84.0 Å². The van der Waals surface area contributed by atoms with Gasteiger partial charge < -0.3 is 0 Å². The average molecular weight is 337 g/mol. The fraction of sp³-hybridized carbons (Fsp3) is 0.789. The summed E-state index contributed by atoms with van der Waals surface area (Å²) in [6.45, 7) is 3.31. The first-order valence-electron chi connectivity index (χ1n) is 9.40. The molecule has 0 fully saturated rings. The van der Waals surface area contributed by atoms with Crippen molar-refractivity contribution in [3.8, 4) is 5.40 Å². The van der Waals surface area contributed by atoms with E-state index >= 15 is 0 Å². The zero-order chi connectivity index (χ0) is 16.8. The zero-order valence-electron chi connectivity index (χ0n) is 15.1. The van der Waals surface area contributed by atoms with Crippen LogP contribution in [-0.2, 0) is 13.6 Å². The second-order valence-corrected chi connectivity index (χ2v) is 7.22. The van der Waals surface area contributed by atoms with E-state index in [4.69, 9.17) is 5.26 Å². The molecule has 1 heterocycles. The highest BCUT2D eigenvalue weighted by Gasteiger charge is 2.14. The lowest BCUT2D eigenvalue weighted by Crippen LogP contribution is -2.28. The van der Waals surface area contributed by atoms with E-state index in [-0.39, 0.29) is 0 Å². The third kappa shape index (κ3) is 9.05. The molecular formula is C19H34N3S+. The van der Waals surface area contributed by atoms with Crippen molar-refractivity contribution in [1.29, 1.82) is 5.26 Å². The molecule has 0 aliphatic heterocycles. The van der Waals surface area contributed by atoms with E-state index in [1.54, 1.807) is 0 Å². The number of unbranched alkanes of at least 4 members (excludes halogenated alkanes) is 11. The van der Waals surface area contributed by atoms with E-state index in [0.29, 0.717) is 0 Å². The van der Waals surface area contributed by atoms with Gasteiger partial charge in [-0.25, -0.2) is 9.13 Å². The van der Waals surface area contributed by atoms with Crippen LogP contribution in [0.25, 0.3) is 0 Å². The predicted octanol–water partition coefficient (Wildman–Crippen LogP) is 5.59. The average Bonchev–Trinajstić information content (AvgIpc) is 2.89. The Morgan fingerprint density at radius 3 is 2.00 bits per heavy atom. The van der Waals surface area contributed by atoms with Gasteiger partial charge in [-0.15, -0.1) is 0 Å². The molecule has 0 radical (unpaired) electrons. The quantitative estimate of drug-likeness (QED) is 0.192. The van der Waals surface area contributed by atoms with Crippen LogP contribution in [0.5, 0.6) is 0 Å². The maximum atomic E-state index is 8.85. The third-order valence-corrected chi connectivity index (χ3v) is 5.20. The van der Waals surface area contributed by atoms with Gasteiger partial charge in [0.05, 0.1) is 25.4 Å². The van der Waals surface area contributed by atoms with Crippen molar-refractivity contribution in [3.63, 3.8) is 0 Å². The van der Waals surface area contributed by atoms with Gasteiger partial charge in [0.15, 0.2) is 0 Å². The van der Waals surface area contributed by atoms with Gasteiger partial charge in [0.2, 0.25) is 0 Å². The smallest absolute Gasteiger partial charge is 0.226 e. The molecule has 0 spiro atoms. The minimum atomic E-state index is 1.03. The van der Waals surface area contributed by atoms with Crippen molar-refractivity contribution < 1.29 is 4.57 Å². The zero-order valence-corrected chi connectivity index (χ0v) is 15.9. The predicted molar refractivity (Wildman–Crippen MR) is 98.2 cm³/mol. The number of thiocyanates is 1. The Kier molecular flexibility index (Phi) is 11.8. The summed E-state index contributed by atoms with van der Waals surface area (Å²) in [4.78, 5) is 0. The van der Waals surface area contributed by atoms with Gasteiger partial charge in [0.25, 0.3) is 0 Å². The van der Waals surface area contributed by atoms with E-state index in [1.165, 1.54) is 88.8 Å². The van der Waals surface area contributed by atoms with E-state index in [0.717, 1.165) is 11.7 Å². The number of aryl methyl sites for hydroxylation is 2. The molecule has 1 aromatic rings. The van der Waals surface area contributed by atoms with Gasteiger partial charge in [-0.05, 0) is 12.8 Å². The molecule has 0 atom stereocenters. The molecule has 1 rings (SSSR count). The summed E-state index contributed by atoms with van der Waals surface area (Å²) in [5.74, 6) is 0. The number of nitriles is 1. The number of hydrogen-bond acceptors (Lipinski definition) is 2. The van der Waals surface area contributed by atoms with Crippen molar-refractivity contribution in [2.24, 2.45) is 7.05 Å². The Bertz CT molecular complexity index is 448. The highest BCUT2D eigenvalue weighted by atomic mass is 32.2. The second-order valence-electron chi connectivity index (χ2n) is 6.47. The fourth-order valence-corrected chi connectivity index (χ4v) is 3.53. The lowest BCUT2D eigenvalue weighted by Gasteiger charge is -2.03. The first-order chi connectivity index (χ1) is 11.3. The molecule has 130 valence electrons. The SMILES string of the molecule is CCCCCCCCCCCCCCn1cc[n+](C)c1SC#N. The number of rotatable bonds is 14. The minimum absolute atomic E-state index is 1.03. The topological polar surface area (TPSA) is 32.6 Å². The Morgan fingerprint density at radius 2 is 1.48 bits per heavy atom. The maximum absolute atomic E-state index is 8.85. The number of nitrogens with zero attached hydrogens (tertiary/aromatic N) is 3. The van der Waals surface area contributed by atoms with Crippen LogP contribution in [0, 0.1) is 10.7 Å². The normalized spacial score (nSPS) is 10.8. The molecule has 0 saturated carbocycles. The largest absolute Gasteiger partial charge is 0.332 e. The minimum Gasteiger partial charge on any atom is -0.226 e. The van der Waals surface area contributed by atoms with Crippen LogP contribution in [0.4, 0.5) is 0 Å². The molecule has 0 unspecified atom stereocenters. The van der Waals surface area contributed by atoms with Crippen molar-refractivity contribution in [2.45, 2.75) is 95.7 Å². The van der Waals surface area contributed by atoms with E-state index < -0.39 is 0 Å². The molecule has 1 aromatic heterocycles. The summed E-state index contributed by atoms with van der Waals surface area (Å²) in [6, 6.07) is 0. The molecule has 0 aromatic carbocycles. The van der Waals surface area contributed by atoms with E-state index in [9.17, 15) is 0 Å². The van der Waals surface area contributed by atoms with Crippen LogP contribution < -0.4 is 4.57 Å². The molecular weight excluding hydrogens is 302 g/mol. The fourth-order valence-electron chi connectivity index (χ4n) is 2.98. The highest BCUT2D eigenvalue weighted by Crippen LogP contribution is 2.15. The molecule has 0 aliphatic rings. The lowest BCUT2D eigenvalue weighted by atomic mass is 10.1. The van der Waals surface area contributed by atoms with Gasteiger partial charge in [0.1, 0.15) is 17.8 Å². The summed E-state index contributed by atoms with van der Waals surface area (Å²) in [7, 11) is 2.00.